The fraction of sp³-hybridized carbons (Fsp3) is 0.467. The van der Waals surface area contributed by atoms with Gasteiger partial charge in [-0.1, -0.05) is 33.2 Å². The predicted octanol–water partition coefficient (Wildman–Crippen LogP) is 3.25. The Bertz CT molecular complexity index is 659. The van der Waals surface area contributed by atoms with E-state index in [-0.39, 0.29) is 11.0 Å². The summed E-state index contributed by atoms with van der Waals surface area (Å²) in [5.41, 5.74) is 7.07. The molecule has 0 radical (unpaired) electrons. The van der Waals surface area contributed by atoms with Gasteiger partial charge in [0.05, 0.1) is 11.0 Å². The lowest BCUT2D eigenvalue weighted by Gasteiger charge is -2.34. The third-order valence-electron chi connectivity index (χ3n) is 4.65. The molecule has 0 spiro atoms. The Hall–Kier alpha value is -1.20. The lowest BCUT2D eigenvalue weighted by Crippen LogP contribution is -2.44. The molecule has 20 heavy (non-hydrogen) atoms. The Morgan fingerprint density at radius 1 is 1.20 bits per heavy atom. The van der Waals surface area contributed by atoms with Crippen LogP contribution < -0.4 is 5.73 Å². The number of nitrogens with two attached hydrogens (primary N) is 1. The highest BCUT2D eigenvalue weighted by Crippen LogP contribution is 2.53. The molecule has 0 saturated heterocycles. The third-order valence-corrected chi connectivity index (χ3v) is 5.15. The van der Waals surface area contributed by atoms with E-state index in [4.69, 9.17) is 10.3 Å². The largest absolute Gasteiger partial charge is 0.338 e. The van der Waals surface area contributed by atoms with E-state index in [2.05, 4.69) is 38.2 Å². The second kappa shape index (κ2) is 4.15. The number of halogens is 1. The van der Waals surface area contributed by atoms with Crippen molar-refractivity contribution in [3.8, 4) is 0 Å². The predicted molar refractivity (Wildman–Crippen MR) is 78.2 cm³/mol. The molecular weight excluding hydrogens is 318 g/mol. The SMILES string of the molecule is NC1(c2noc(C3(c4cccc(Br)c4)CC3)n2)CCC1. The van der Waals surface area contributed by atoms with Crippen molar-refractivity contribution >= 4 is 15.9 Å². The average molecular weight is 334 g/mol. The number of hydrogen-bond acceptors (Lipinski definition) is 4. The monoisotopic (exact) mass is 333 g/mol. The van der Waals surface area contributed by atoms with Crippen LogP contribution in [0.4, 0.5) is 0 Å². The van der Waals surface area contributed by atoms with Crippen molar-refractivity contribution in [2.24, 2.45) is 5.73 Å². The fourth-order valence-corrected chi connectivity index (χ4v) is 3.34. The maximum absolute atomic E-state index is 6.27. The van der Waals surface area contributed by atoms with E-state index in [0.717, 1.165) is 42.5 Å². The van der Waals surface area contributed by atoms with E-state index in [0.29, 0.717) is 5.82 Å². The molecule has 104 valence electrons. The van der Waals surface area contributed by atoms with E-state index in [1.807, 2.05) is 12.1 Å². The molecule has 0 bridgehead atoms. The molecule has 2 saturated carbocycles. The van der Waals surface area contributed by atoms with Crippen LogP contribution in [0.25, 0.3) is 0 Å². The van der Waals surface area contributed by atoms with Crippen molar-refractivity contribution < 1.29 is 4.52 Å². The molecule has 2 N–H and O–H groups in total. The van der Waals surface area contributed by atoms with E-state index in [1.54, 1.807) is 0 Å². The minimum Gasteiger partial charge on any atom is -0.338 e. The van der Waals surface area contributed by atoms with Crippen molar-refractivity contribution in [1.82, 2.24) is 10.1 Å². The van der Waals surface area contributed by atoms with Gasteiger partial charge < -0.3 is 10.3 Å². The van der Waals surface area contributed by atoms with Gasteiger partial charge in [0.15, 0.2) is 5.82 Å². The Morgan fingerprint density at radius 3 is 2.60 bits per heavy atom. The summed E-state index contributed by atoms with van der Waals surface area (Å²) < 4.78 is 6.63. The van der Waals surface area contributed by atoms with Gasteiger partial charge in [0.25, 0.3) is 0 Å². The van der Waals surface area contributed by atoms with Gasteiger partial charge >= 0.3 is 0 Å². The van der Waals surface area contributed by atoms with Crippen LogP contribution >= 0.6 is 15.9 Å². The second-order valence-electron chi connectivity index (χ2n) is 6.03. The maximum atomic E-state index is 6.27. The van der Waals surface area contributed by atoms with Gasteiger partial charge in [0.1, 0.15) is 0 Å². The molecule has 5 heteroatoms. The molecule has 2 fully saturated rings. The second-order valence-corrected chi connectivity index (χ2v) is 6.94. The molecule has 2 aliphatic carbocycles. The summed E-state index contributed by atoms with van der Waals surface area (Å²) in [5.74, 6) is 1.40. The number of hydrogen-bond donors (Lipinski definition) is 1. The van der Waals surface area contributed by atoms with Gasteiger partial charge in [-0.15, -0.1) is 0 Å². The molecule has 1 aromatic heterocycles. The van der Waals surface area contributed by atoms with E-state index >= 15 is 0 Å². The lowest BCUT2D eigenvalue weighted by molar-refractivity contribution is 0.228. The van der Waals surface area contributed by atoms with E-state index < -0.39 is 0 Å². The summed E-state index contributed by atoms with van der Waals surface area (Å²) in [7, 11) is 0. The van der Waals surface area contributed by atoms with Crippen LogP contribution in [-0.2, 0) is 11.0 Å². The van der Waals surface area contributed by atoms with Crippen molar-refractivity contribution in [2.75, 3.05) is 0 Å². The smallest absolute Gasteiger partial charge is 0.237 e. The molecule has 2 aromatic rings. The zero-order chi connectivity index (χ0) is 13.8. The standard InChI is InChI=1S/C15H16BrN3O/c16-11-4-1-3-10(9-11)14(7-8-14)13-18-12(19-20-13)15(17)5-2-6-15/h1,3-4,9H,2,5-8,17H2. The van der Waals surface area contributed by atoms with Gasteiger partial charge in [-0.2, -0.15) is 4.98 Å². The Balaban J connectivity index is 1.70. The fourth-order valence-electron chi connectivity index (χ4n) is 2.94. The molecule has 0 atom stereocenters. The van der Waals surface area contributed by atoms with Gasteiger partial charge in [-0.05, 0) is 49.8 Å². The normalized spacial score (nSPS) is 22.3. The summed E-state index contributed by atoms with van der Waals surface area (Å²) in [5, 5.41) is 4.14. The first-order chi connectivity index (χ1) is 9.62. The van der Waals surface area contributed by atoms with Gasteiger partial charge in [-0.3, -0.25) is 0 Å². The summed E-state index contributed by atoms with van der Waals surface area (Å²) in [6.07, 6.45) is 5.17. The first-order valence-corrected chi connectivity index (χ1v) is 7.81. The van der Waals surface area contributed by atoms with E-state index in [9.17, 15) is 0 Å². The summed E-state index contributed by atoms with van der Waals surface area (Å²) in [6.45, 7) is 0. The van der Waals surface area contributed by atoms with Gasteiger partial charge in [0, 0.05) is 4.47 Å². The molecule has 1 aromatic carbocycles. The van der Waals surface area contributed by atoms with E-state index in [1.165, 1.54) is 5.56 Å². The van der Waals surface area contributed by atoms with Crippen LogP contribution in [0.3, 0.4) is 0 Å². The zero-order valence-electron chi connectivity index (χ0n) is 11.1. The van der Waals surface area contributed by atoms with Crippen LogP contribution in [0.15, 0.2) is 33.3 Å². The topological polar surface area (TPSA) is 64.9 Å². The highest BCUT2D eigenvalue weighted by atomic mass is 79.9. The van der Waals surface area contributed by atoms with Crippen molar-refractivity contribution in [2.45, 2.75) is 43.1 Å². The summed E-state index contributed by atoms with van der Waals surface area (Å²) in [6, 6.07) is 8.34. The molecule has 4 rings (SSSR count). The minimum absolute atomic E-state index is 0.0882. The lowest BCUT2D eigenvalue weighted by atomic mass is 9.77. The number of benzene rings is 1. The maximum Gasteiger partial charge on any atom is 0.237 e. The van der Waals surface area contributed by atoms with Crippen LogP contribution in [-0.4, -0.2) is 10.1 Å². The molecule has 4 nitrogen and oxygen atoms in total. The third kappa shape index (κ3) is 1.76. The summed E-state index contributed by atoms with van der Waals surface area (Å²) in [4.78, 5) is 4.63. The van der Waals surface area contributed by atoms with Crippen molar-refractivity contribution in [3.63, 3.8) is 0 Å². The van der Waals surface area contributed by atoms with Crippen molar-refractivity contribution in [1.29, 1.82) is 0 Å². The molecule has 0 unspecified atom stereocenters. The highest BCUT2D eigenvalue weighted by molar-refractivity contribution is 9.10. The zero-order valence-corrected chi connectivity index (χ0v) is 12.7. The first kappa shape index (κ1) is 12.5. The van der Waals surface area contributed by atoms with Crippen LogP contribution in [0.2, 0.25) is 0 Å². The quantitative estimate of drug-likeness (QED) is 0.936. The van der Waals surface area contributed by atoms with Gasteiger partial charge in [0.2, 0.25) is 5.89 Å². The Morgan fingerprint density at radius 2 is 2.00 bits per heavy atom. The van der Waals surface area contributed by atoms with Gasteiger partial charge in [-0.25, -0.2) is 0 Å². The molecule has 2 aliphatic rings. The highest BCUT2D eigenvalue weighted by Gasteiger charge is 2.52. The Kier molecular flexibility index (Phi) is 2.60. The average Bonchev–Trinajstić information content (AvgIpc) is 3.07. The van der Waals surface area contributed by atoms with Crippen LogP contribution in [0.1, 0.15) is 49.4 Å². The van der Waals surface area contributed by atoms with Crippen LogP contribution in [0, 0.1) is 0 Å². The molecule has 0 aliphatic heterocycles. The van der Waals surface area contributed by atoms with Crippen LogP contribution in [0.5, 0.6) is 0 Å². The summed E-state index contributed by atoms with van der Waals surface area (Å²) >= 11 is 3.53. The molecule has 1 heterocycles. The number of aromatic nitrogens is 2. The first-order valence-electron chi connectivity index (χ1n) is 7.02. The Labute approximate surface area is 125 Å². The molecular formula is C15H16BrN3O. The number of nitrogens with zero attached hydrogens (tertiary/aromatic N) is 2. The number of rotatable bonds is 3. The van der Waals surface area contributed by atoms with Crippen molar-refractivity contribution in [3.05, 3.63) is 46.0 Å². The minimum atomic E-state index is -0.352. The molecule has 0 amide bonds.